The van der Waals surface area contributed by atoms with Gasteiger partial charge >= 0.3 is 6.09 Å². The maximum Gasteiger partial charge on any atom is 0.411 e. The van der Waals surface area contributed by atoms with Crippen LogP contribution < -0.4 is 10.1 Å². The molecule has 1 aliphatic heterocycles. The number of amides is 1. The number of hydrogen-bond donors (Lipinski definition) is 1. The van der Waals surface area contributed by atoms with Gasteiger partial charge in [0.15, 0.2) is 0 Å². The van der Waals surface area contributed by atoms with Crippen LogP contribution in [0.4, 0.5) is 4.79 Å². The van der Waals surface area contributed by atoms with Gasteiger partial charge in [-0.1, -0.05) is 50.1 Å². The molecule has 41 heavy (non-hydrogen) atoms. The molecule has 7 rings (SSSR count). The van der Waals surface area contributed by atoms with E-state index in [1.54, 1.807) is 7.11 Å². The zero-order valence-corrected chi connectivity index (χ0v) is 25.9. The summed E-state index contributed by atoms with van der Waals surface area (Å²) < 4.78 is 11.6. The summed E-state index contributed by atoms with van der Waals surface area (Å²) >= 11 is 0. The van der Waals surface area contributed by atoms with E-state index < -0.39 is 0 Å². The Morgan fingerprint density at radius 3 is 2.24 bits per heavy atom. The first-order valence-electron chi connectivity index (χ1n) is 16.2. The van der Waals surface area contributed by atoms with Crippen LogP contribution >= 0.6 is 0 Å². The van der Waals surface area contributed by atoms with Gasteiger partial charge in [0.25, 0.3) is 0 Å². The minimum atomic E-state index is -0.260. The summed E-state index contributed by atoms with van der Waals surface area (Å²) in [6, 6.07) is 15.8. The summed E-state index contributed by atoms with van der Waals surface area (Å²) in [7, 11) is 1.74. The molecule has 2 aromatic carbocycles. The molecule has 0 spiro atoms. The second kappa shape index (κ2) is 11.3. The zero-order valence-electron chi connectivity index (χ0n) is 25.9. The topological polar surface area (TPSA) is 50.8 Å². The lowest BCUT2D eigenvalue weighted by Gasteiger charge is -2.62. The van der Waals surface area contributed by atoms with Crippen molar-refractivity contribution in [2.45, 2.75) is 122 Å². The van der Waals surface area contributed by atoms with E-state index in [-0.39, 0.29) is 23.2 Å². The van der Waals surface area contributed by atoms with E-state index in [2.05, 4.69) is 80.4 Å². The van der Waals surface area contributed by atoms with E-state index >= 15 is 0 Å². The number of hydrogen-bond acceptors (Lipinski definition) is 4. The maximum atomic E-state index is 13.8. The number of nitrogens with zero attached hydrogens (tertiary/aromatic N) is 1. The van der Waals surface area contributed by atoms with Crippen molar-refractivity contribution in [2.75, 3.05) is 7.11 Å². The number of unbranched alkanes of at least 4 members (excludes halogenated alkanes) is 1. The summed E-state index contributed by atoms with van der Waals surface area (Å²) in [5, 5.41) is 3.93. The lowest BCUT2D eigenvalue weighted by molar-refractivity contribution is -0.109. The van der Waals surface area contributed by atoms with Crippen LogP contribution in [-0.4, -0.2) is 35.2 Å². The molecule has 4 fully saturated rings. The van der Waals surface area contributed by atoms with Gasteiger partial charge in [-0.25, -0.2) is 4.79 Å². The Hall–Kier alpha value is -2.53. The first kappa shape index (κ1) is 28.6. The van der Waals surface area contributed by atoms with Gasteiger partial charge in [-0.3, -0.25) is 4.90 Å². The van der Waals surface area contributed by atoms with E-state index in [4.69, 9.17) is 9.47 Å². The van der Waals surface area contributed by atoms with Crippen molar-refractivity contribution in [3.8, 4) is 5.75 Å². The predicted octanol–water partition coefficient (Wildman–Crippen LogP) is 8.20. The Bertz CT molecular complexity index is 1200. The van der Waals surface area contributed by atoms with E-state index in [1.807, 2.05) is 0 Å². The highest BCUT2D eigenvalue weighted by atomic mass is 16.6. The molecule has 4 saturated carbocycles. The molecule has 222 valence electrons. The Morgan fingerprint density at radius 1 is 1.00 bits per heavy atom. The van der Waals surface area contributed by atoms with Crippen LogP contribution in [0.5, 0.6) is 5.75 Å². The van der Waals surface area contributed by atoms with Crippen molar-refractivity contribution in [3.05, 3.63) is 64.7 Å². The smallest absolute Gasteiger partial charge is 0.411 e. The molecule has 0 radical (unpaired) electrons. The van der Waals surface area contributed by atoms with E-state index in [9.17, 15) is 4.79 Å². The van der Waals surface area contributed by atoms with Crippen LogP contribution in [0.15, 0.2) is 42.5 Å². The number of carbonyl (C=O) groups is 1. The molecule has 4 aliphatic carbocycles. The highest BCUT2D eigenvalue weighted by molar-refractivity contribution is 5.70. The van der Waals surface area contributed by atoms with Crippen molar-refractivity contribution in [1.82, 2.24) is 10.2 Å². The molecule has 0 saturated heterocycles. The lowest BCUT2D eigenvalue weighted by Crippen LogP contribution is -2.66. The number of benzene rings is 2. The maximum absolute atomic E-state index is 13.8. The largest absolute Gasteiger partial charge is 0.497 e. The SMILES string of the molecule is CCCC[C@H]1Cc2cc(OC)ccc2[C@H](c2ccc(COC(=O)N(C(C)(C)C)C34CC5CC(CC(C5)C3)C4)cc2)N1. The van der Waals surface area contributed by atoms with Gasteiger partial charge in [-0.2, -0.15) is 0 Å². The van der Waals surface area contributed by atoms with Crippen LogP contribution in [-0.2, 0) is 17.8 Å². The minimum absolute atomic E-state index is 0.0228. The Morgan fingerprint density at radius 2 is 1.66 bits per heavy atom. The molecule has 5 heteroatoms. The molecule has 5 aliphatic rings. The molecular formula is C36H50N2O3. The number of carbonyl (C=O) groups excluding carboxylic acids is 1. The van der Waals surface area contributed by atoms with E-state index in [0.29, 0.717) is 12.6 Å². The predicted molar refractivity (Wildman–Crippen MR) is 164 cm³/mol. The van der Waals surface area contributed by atoms with Crippen LogP contribution in [0.1, 0.15) is 114 Å². The normalized spacial score (nSPS) is 30.1. The first-order valence-corrected chi connectivity index (χ1v) is 16.2. The van der Waals surface area contributed by atoms with Crippen LogP contribution in [0, 0.1) is 17.8 Å². The minimum Gasteiger partial charge on any atom is -0.497 e. The van der Waals surface area contributed by atoms with Gasteiger partial charge in [-0.15, -0.1) is 0 Å². The average molecular weight is 559 g/mol. The lowest BCUT2D eigenvalue weighted by atomic mass is 9.52. The van der Waals surface area contributed by atoms with E-state index in [1.165, 1.54) is 55.2 Å². The van der Waals surface area contributed by atoms with Gasteiger partial charge in [0, 0.05) is 17.1 Å². The van der Waals surface area contributed by atoms with Crippen molar-refractivity contribution < 1.29 is 14.3 Å². The molecule has 1 N–H and O–H groups in total. The van der Waals surface area contributed by atoms with Gasteiger partial charge in [0.1, 0.15) is 12.4 Å². The summed E-state index contributed by atoms with van der Waals surface area (Å²) in [5.74, 6) is 3.28. The second-order valence-electron chi connectivity index (χ2n) is 14.7. The molecular weight excluding hydrogens is 508 g/mol. The third-order valence-electron chi connectivity index (χ3n) is 10.4. The molecule has 2 atom stereocenters. The molecule has 1 amide bonds. The molecule has 1 heterocycles. The second-order valence-corrected chi connectivity index (χ2v) is 14.7. The quantitative estimate of drug-likeness (QED) is 0.355. The monoisotopic (exact) mass is 558 g/mol. The summed E-state index contributed by atoms with van der Waals surface area (Å²) in [6.45, 7) is 9.11. The fourth-order valence-corrected chi connectivity index (χ4v) is 9.26. The third-order valence-corrected chi connectivity index (χ3v) is 10.4. The number of nitrogens with one attached hydrogen (secondary N) is 1. The van der Waals surface area contributed by atoms with Crippen LogP contribution in [0.3, 0.4) is 0 Å². The van der Waals surface area contributed by atoms with Crippen molar-refractivity contribution in [1.29, 1.82) is 0 Å². The van der Waals surface area contributed by atoms with Gasteiger partial charge < -0.3 is 14.8 Å². The zero-order chi connectivity index (χ0) is 28.8. The van der Waals surface area contributed by atoms with Crippen molar-refractivity contribution >= 4 is 6.09 Å². The Kier molecular flexibility index (Phi) is 7.86. The third kappa shape index (κ3) is 5.76. The molecule has 2 aromatic rings. The van der Waals surface area contributed by atoms with E-state index in [0.717, 1.165) is 54.7 Å². The summed E-state index contributed by atoms with van der Waals surface area (Å²) in [6.07, 6.45) is 12.1. The van der Waals surface area contributed by atoms with Gasteiger partial charge in [-0.05, 0) is 124 Å². The average Bonchev–Trinajstić information content (AvgIpc) is 2.93. The standard InChI is InChI=1S/C36H50N2O3/c1-6-7-8-30-18-29-19-31(40-5)13-14-32(29)33(37-30)28-11-9-24(10-12-28)23-41-34(39)38(35(2,3)4)36-20-25-15-26(21-36)17-27(16-25)22-36/h9-14,19,25-27,30,33,37H,6-8,15-18,20-23H2,1-5H3/t25?,26?,27?,30-,33-,36?/m0/s1. The number of methoxy groups -OCH3 is 1. The number of fused-ring (bicyclic) bond motifs is 1. The Labute approximate surface area is 247 Å². The van der Waals surface area contributed by atoms with Crippen LogP contribution in [0.25, 0.3) is 0 Å². The first-order chi connectivity index (χ1) is 19.7. The molecule has 0 unspecified atom stereocenters. The van der Waals surface area contributed by atoms with Gasteiger partial charge in [0.05, 0.1) is 13.2 Å². The Balaban J connectivity index is 1.16. The molecule has 5 nitrogen and oxygen atoms in total. The van der Waals surface area contributed by atoms with Crippen LogP contribution in [0.2, 0.25) is 0 Å². The molecule has 4 bridgehead atoms. The molecule has 0 aromatic heterocycles. The highest BCUT2D eigenvalue weighted by Crippen LogP contribution is 2.59. The highest BCUT2D eigenvalue weighted by Gasteiger charge is 2.57. The fourth-order valence-electron chi connectivity index (χ4n) is 9.26. The number of ether oxygens (including phenoxy) is 2. The van der Waals surface area contributed by atoms with Gasteiger partial charge in [0.2, 0.25) is 0 Å². The summed E-state index contributed by atoms with van der Waals surface area (Å²) in [5.41, 5.74) is 4.70. The summed E-state index contributed by atoms with van der Waals surface area (Å²) in [4.78, 5) is 15.9. The fraction of sp³-hybridized carbons (Fsp3) is 0.639. The number of rotatable bonds is 8. The van der Waals surface area contributed by atoms with Crippen molar-refractivity contribution in [3.63, 3.8) is 0 Å². The van der Waals surface area contributed by atoms with Crippen molar-refractivity contribution in [2.24, 2.45) is 17.8 Å².